The second kappa shape index (κ2) is 7.54. The molecule has 0 radical (unpaired) electrons. The highest BCUT2D eigenvalue weighted by molar-refractivity contribution is 5.49. The van der Waals surface area contributed by atoms with Crippen LogP contribution in [0.4, 0.5) is 0 Å². The summed E-state index contributed by atoms with van der Waals surface area (Å²) in [5, 5.41) is 0. The van der Waals surface area contributed by atoms with Crippen molar-refractivity contribution in [3.63, 3.8) is 0 Å². The number of aryl methyl sites for hydroxylation is 1. The van der Waals surface area contributed by atoms with Gasteiger partial charge in [0.25, 0.3) is 0 Å². The summed E-state index contributed by atoms with van der Waals surface area (Å²) in [4.78, 5) is 0. The fourth-order valence-electron chi connectivity index (χ4n) is 2.92. The van der Waals surface area contributed by atoms with E-state index in [1.807, 2.05) is 6.92 Å². The van der Waals surface area contributed by atoms with E-state index in [0.29, 0.717) is 5.92 Å². The molecule has 2 heteroatoms. The standard InChI is InChI=1S/C17H29NO/c1-6-15(9-8-10-18)17-12(3)11-16(19-7-2)13(4)14(17)5/h11,15H,6-10,18H2,1-5H3. The maximum absolute atomic E-state index is 5.73. The van der Waals surface area contributed by atoms with E-state index in [1.165, 1.54) is 35.1 Å². The van der Waals surface area contributed by atoms with Crippen molar-refractivity contribution < 1.29 is 4.74 Å². The van der Waals surface area contributed by atoms with Gasteiger partial charge in [0.2, 0.25) is 0 Å². The zero-order chi connectivity index (χ0) is 14.4. The van der Waals surface area contributed by atoms with Crippen molar-refractivity contribution in [2.45, 2.75) is 59.8 Å². The van der Waals surface area contributed by atoms with Crippen LogP contribution < -0.4 is 10.5 Å². The summed E-state index contributed by atoms with van der Waals surface area (Å²) in [6, 6.07) is 2.20. The van der Waals surface area contributed by atoms with Gasteiger partial charge in [0.05, 0.1) is 6.61 Å². The molecule has 0 aliphatic heterocycles. The molecule has 0 aromatic heterocycles. The van der Waals surface area contributed by atoms with E-state index < -0.39 is 0 Å². The lowest BCUT2D eigenvalue weighted by atomic mass is 9.84. The molecule has 1 rings (SSSR count). The summed E-state index contributed by atoms with van der Waals surface area (Å²) in [5.74, 6) is 1.66. The van der Waals surface area contributed by atoms with E-state index in [0.717, 1.165) is 25.3 Å². The first-order valence-corrected chi connectivity index (χ1v) is 7.50. The number of ether oxygens (including phenoxy) is 1. The highest BCUT2D eigenvalue weighted by atomic mass is 16.5. The van der Waals surface area contributed by atoms with Crippen LogP contribution in [0.2, 0.25) is 0 Å². The molecule has 19 heavy (non-hydrogen) atoms. The van der Waals surface area contributed by atoms with Gasteiger partial charge in [-0.05, 0) is 87.7 Å². The molecule has 2 N–H and O–H groups in total. The maximum atomic E-state index is 5.73. The van der Waals surface area contributed by atoms with Gasteiger partial charge in [0, 0.05) is 0 Å². The molecule has 0 fully saturated rings. The van der Waals surface area contributed by atoms with Crippen LogP contribution in [0.1, 0.15) is 61.3 Å². The third-order valence-electron chi connectivity index (χ3n) is 4.07. The minimum atomic E-state index is 0.623. The molecular formula is C17H29NO. The quantitative estimate of drug-likeness (QED) is 0.798. The summed E-state index contributed by atoms with van der Waals surface area (Å²) < 4.78 is 5.73. The van der Waals surface area contributed by atoms with Gasteiger partial charge in [-0.1, -0.05) is 6.92 Å². The minimum absolute atomic E-state index is 0.623. The van der Waals surface area contributed by atoms with Crippen molar-refractivity contribution in [1.29, 1.82) is 0 Å². The van der Waals surface area contributed by atoms with Crippen LogP contribution in [0.5, 0.6) is 5.75 Å². The van der Waals surface area contributed by atoms with E-state index in [9.17, 15) is 0 Å². The summed E-state index contributed by atoms with van der Waals surface area (Å²) in [6.07, 6.45) is 3.46. The second-order valence-electron chi connectivity index (χ2n) is 5.32. The predicted molar refractivity (Wildman–Crippen MR) is 83.1 cm³/mol. The Hall–Kier alpha value is -1.02. The molecule has 0 saturated carbocycles. The Labute approximate surface area is 118 Å². The molecular weight excluding hydrogens is 234 g/mol. The largest absolute Gasteiger partial charge is 0.494 e. The van der Waals surface area contributed by atoms with Gasteiger partial charge >= 0.3 is 0 Å². The SMILES string of the molecule is CCOc1cc(C)c(C(CC)CCCN)c(C)c1C. The van der Waals surface area contributed by atoms with Gasteiger partial charge in [-0.2, -0.15) is 0 Å². The first kappa shape index (κ1) is 16.0. The lowest BCUT2D eigenvalue weighted by Crippen LogP contribution is -2.09. The Balaban J connectivity index is 3.16. The maximum Gasteiger partial charge on any atom is 0.122 e. The van der Waals surface area contributed by atoms with E-state index in [-0.39, 0.29) is 0 Å². The van der Waals surface area contributed by atoms with Crippen LogP contribution in [0, 0.1) is 20.8 Å². The van der Waals surface area contributed by atoms with Crippen molar-refractivity contribution in [1.82, 2.24) is 0 Å². The van der Waals surface area contributed by atoms with Crippen LogP contribution in [-0.4, -0.2) is 13.2 Å². The van der Waals surface area contributed by atoms with Crippen molar-refractivity contribution >= 4 is 0 Å². The fourth-order valence-corrected chi connectivity index (χ4v) is 2.92. The third kappa shape index (κ3) is 3.73. The normalized spacial score (nSPS) is 12.5. The highest BCUT2D eigenvalue weighted by Gasteiger charge is 2.17. The first-order valence-electron chi connectivity index (χ1n) is 7.50. The number of rotatable bonds is 7. The molecule has 1 unspecified atom stereocenters. The molecule has 0 amide bonds. The van der Waals surface area contributed by atoms with E-state index in [4.69, 9.17) is 10.5 Å². The molecule has 108 valence electrons. The Morgan fingerprint density at radius 2 is 1.84 bits per heavy atom. The van der Waals surface area contributed by atoms with Crippen LogP contribution in [0.25, 0.3) is 0 Å². The number of benzene rings is 1. The Morgan fingerprint density at radius 1 is 1.16 bits per heavy atom. The van der Waals surface area contributed by atoms with Gasteiger partial charge in [-0.25, -0.2) is 0 Å². The third-order valence-corrected chi connectivity index (χ3v) is 4.07. The number of hydrogen-bond donors (Lipinski definition) is 1. The predicted octanol–water partition coefficient (Wildman–Crippen LogP) is 4.24. The van der Waals surface area contributed by atoms with Crippen molar-refractivity contribution in [3.05, 3.63) is 28.3 Å². The lowest BCUT2D eigenvalue weighted by Gasteiger charge is -2.23. The van der Waals surface area contributed by atoms with Gasteiger partial charge in [0.1, 0.15) is 5.75 Å². The van der Waals surface area contributed by atoms with Crippen LogP contribution in [0.15, 0.2) is 6.07 Å². The summed E-state index contributed by atoms with van der Waals surface area (Å²) in [6.45, 7) is 12.4. The van der Waals surface area contributed by atoms with Gasteiger partial charge in [0.15, 0.2) is 0 Å². The monoisotopic (exact) mass is 263 g/mol. The van der Waals surface area contributed by atoms with E-state index >= 15 is 0 Å². The molecule has 0 bridgehead atoms. The fraction of sp³-hybridized carbons (Fsp3) is 0.647. The molecule has 1 atom stereocenters. The molecule has 1 aromatic carbocycles. The smallest absolute Gasteiger partial charge is 0.122 e. The van der Waals surface area contributed by atoms with Crippen LogP contribution in [-0.2, 0) is 0 Å². The number of nitrogens with two attached hydrogens (primary N) is 1. The highest BCUT2D eigenvalue weighted by Crippen LogP contribution is 2.35. The van der Waals surface area contributed by atoms with Crippen LogP contribution >= 0.6 is 0 Å². The molecule has 0 aliphatic rings. The zero-order valence-electron chi connectivity index (χ0n) is 13.2. The zero-order valence-corrected chi connectivity index (χ0v) is 13.2. The molecule has 0 heterocycles. The first-order chi connectivity index (χ1) is 9.06. The minimum Gasteiger partial charge on any atom is -0.494 e. The molecule has 1 aromatic rings. The summed E-state index contributed by atoms with van der Waals surface area (Å²) >= 11 is 0. The Bertz CT molecular complexity index is 412. The average molecular weight is 263 g/mol. The van der Waals surface area contributed by atoms with E-state index in [2.05, 4.69) is 33.8 Å². The number of hydrogen-bond acceptors (Lipinski definition) is 2. The topological polar surface area (TPSA) is 35.2 Å². The van der Waals surface area contributed by atoms with Crippen molar-refractivity contribution in [2.75, 3.05) is 13.2 Å². The lowest BCUT2D eigenvalue weighted by molar-refractivity contribution is 0.337. The Morgan fingerprint density at radius 3 is 2.37 bits per heavy atom. The van der Waals surface area contributed by atoms with Gasteiger partial charge < -0.3 is 10.5 Å². The van der Waals surface area contributed by atoms with Crippen molar-refractivity contribution in [3.8, 4) is 5.75 Å². The molecule has 0 saturated heterocycles. The van der Waals surface area contributed by atoms with Gasteiger partial charge in [-0.3, -0.25) is 0 Å². The molecule has 2 nitrogen and oxygen atoms in total. The average Bonchev–Trinajstić information content (AvgIpc) is 2.39. The molecule has 0 spiro atoms. The van der Waals surface area contributed by atoms with Crippen LogP contribution in [0.3, 0.4) is 0 Å². The van der Waals surface area contributed by atoms with Gasteiger partial charge in [-0.15, -0.1) is 0 Å². The second-order valence-corrected chi connectivity index (χ2v) is 5.32. The van der Waals surface area contributed by atoms with Crippen molar-refractivity contribution in [2.24, 2.45) is 5.73 Å². The summed E-state index contributed by atoms with van der Waals surface area (Å²) in [7, 11) is 0. The summed E-state index contributed by atoms with van der Waals surface area (Å²) in [5.41, 5.74) is 11.2. The molecule has 0 aliphatic carbocycles. The van der Waals surface area contributed by atoms with E-state index in [1.54, 1.807) is 0 Å². The Kier molecular flexibility index (Phi) is 6.36.